The topological polar surface area (TPSA) is 44.8 Å². The lowest BCUT2D eigenvalue weighted by atomic mass is 10.1. The number of hydrogen-bond donors (Lipinski definition) is 0. The molecule has 0 N–H and O–H groups in total. The van der Waals surface area contributed by atoms with Crippen LogP contribution in [0.1, 0.15) is 55.5 Å². The first-order valence-electron chi connectivity index (χ1n) is 10.6. The van der Waals surface area contributed by atoms with Gasteiger partial charge in [0.1, 0.15) is 5.75 Å². The Hall–Kier alpha value is -1.63. The minimum absolute atomic E-state index is 0.0302. The van der Waals surface area contributed by atoms with Crippen LogP contribution in [0, 0.1) is 0 Å². The molecule has 0 bridgehead atoms. The minimum Gasteiger partial charge on any atom is -0.494 e. The first-order chi connectivity index (χ1) is 14.9. The first-order valence-corrected chi connectivity index (χ1v) is 14.4. The molecule has 2 rings (SSSR count). The van der Waals surface area contributed by atoms with Crippen molar-refractivity contribution >= 4 is 41.2 Å². The van der Waals surface area contributed by atoms with Crippen molar-refractivity contribution in [1.82, 2.24) is 0 Å². The number of ether oxygens (including phenoxy) is 1. The molecule has 0 aliphatic heterocycles. The summed E-state index contributed by atoms with van der Waals surface area (Å²) in [7, 11) is -3.03. The van der Waals surface area contributed by atoms with Crippen molar-refractivity contribution in [2.24, 2.45) is 0 Å². The lowest BCUT2D eigenvalue weighted by Crippen LogP contribution is -2.32. The summed E-state index contributed by atoms with van der Waals surface area (Å²) < 4.78 is 16.6. The van der Waals surface area contributed by atoms with Crippen molar-refractivity contribution in [3.05, 3.63) is 71.8 Å². The smallest absolute Gasteiger partial charge is 0.494 e. The summed E-state index contributed by atoms with van der Waals surface area (Å²) in [6.45, 7) is 4.89. The van der Waals surface area contributed by atoms with E-state index in [0.717, 1.165) is 37.0 Å². The molecule has 0 spiro atoms. The van der Waals surface area contributed by atoms with Crippen LogP contribution in [0.3, 0.4) is 0 Å². The number of carbonyl (C=O) groups excluding carboxylic acids is 1. The van der Waals surface area contributed by atoms with Crippen molar-refractivity contribution in [1.29, 1.82) is 0 Å². The maximum Gasteiger partial charge on any atom is 0.551 e. The van der Waals surface area contributed by atoms with Gasteiger partial charge in [-0.15, -0.1) is 0 Å². The summed E-state index contributed by atoms with van der Waals surface area (Å²) in [5, 5.41) is 0. The van der Waals surface area contributed by atoms with Gasteiger partial charge in [-0.1, -0.05) is 65.0 Å². The zero-order valence-corrected chi connectivity index (χ0v) is 20.6. The molecule has 2 aromatic carbocycles. The van der Waals surface area contributed by atoms with Gasteiger partial charge in [0.25, 0.3) is 0 Å². The third-order valence-corrected chi connectivity index (χ3v) is 6.79. The monoisotopic (exact) mass is 480 g/mol. The Kier molecular flexibility index (Phi) is 11.3. The second kappa shape index (κ2) is 13.7. The Bertz CT molecular complexity index is 808. The van der Waals surface area contributed by atoms with E-state index in [0.29, 0.717) is 18.8 Å². The van der Waals surface area contributed by atoms with Crippen molar-refractivity contribution in [2.45, 2.75) is 45.6 Å². The van der Waals surface area contributed by atoms with Crippen LogP contribution in [0.5, 0.6) is 5.75 Å². The van der Waals surface area contributed by atoms with Crippen LogP contribution in [-0.2, 0) is 8.85 Å². The zero-order valence-electron chi connectivity index (χ0n) is 18.1. The summed E-state index contributed by atoms with van der Waals surface area (Å²) in [6, 6.07) is 17.0. The molecule has 0 radical (unpaired) electrons. The van der Waals surface area contributed by atoms with E-state index < -0.39 is 7.18 Å². The van der Waals surface area contributed by atoms with Gasteiger partial charge in [0.2, 0.25) is 0 Å². The van der Waals surface area contributed by atoms with Gasteiger partial charge in [0, 0.05) is 18.3 Å². The Morgan fingerprint density at radius 3 is 2.23 bits per heavy atom. The van der Waals surface area contributed by atoms with Crippen LogP contribution in [0.15, 0.2) is 60.7 Å². The molecule has 0 aliphatic carbocycles. The van der Waals surface area contributed by atoms with Gasteiger partial charge < -0.3 is 13.6 Å². The SMILES string of the molecule is CC(C)O[Si](Cl)(Cl)OCCCCCCOc1ccc(C(=O)C=Cc2ccccc2)cc1. The molecule has 0 atom stereocenters. The molecule has 0 aromatic heterocycles. The van der Waals surface area contributed by atoms with E-state index >= 15 is 0 Å². The van der Waals surface area contributed by atoms with Gasteiger partial charge in [0.05, 0.1) is 6.61 Å². The Balaban J connectivity index is 1.60. The standard InChI is InChI=1S/C24H30Cl2O4Si/c1-20(2)30-31(25,26)29-19-9-4-3-8-18-28-23-15-13-22(14-16-23)24(27)17-12-21-10-6-5-7-11-21/h5-7,10-17,20H,3-4,8-9,18-19H2,1-2H3. The Morgan fingerprint density at radius 1 is 0.935 bits per heavy atom. The molecule has 0 fully saturated rings. The Morgan fingerprint density at radius 2 is 1.58 bits per heavy atom. The molecule has 0 unspecified atom stereocenters. The predicted octanol–water partition coefficient (Wildman–Crippen LogP) is 6.88. The molecule has 0 saturated carbocycles. The second-order valence-corrected chi connectivity index (χ2v) is 12.4. The maximum atomic E-state index is 12.3. The number of allylic oxidation sites excluding steroid dienone is 1. The second-order valence-electron chi connectivity index (χ2n) is 7.37. The van der Waals surface area contributed by atoms with Crippen molar-refractivity contribution in [2.75, 3.05) is 13.2 Å². The molecule has 168 valence electrons. The molecule has 0 heterocycles. The lowest BCUT2D eigenvalue weighted by molar-refractivity contribution is 0.104. The van der Waals surface area contributed by atoms with Crippen molar-refractivity contribution < 1.29 is 18.4 Å². The van der Waals surface area contributed by atoms with Gasteiger partial charge in [-0.05, 0) is 69.0 Å². The fraction of sp³-hybridized carbons (Fsp3) is 0.375. The number of hydrogen-bond acceptors (Lipinski definition) is 4. The van der Waals surface area contributed by atoms with Gasteiger partial charge >= 0.3 is 7.18 Å². The normalized spacial score (nSPS) is 11.9. The number of carbonyl (C=O) groups is 1. The highest BCUT2D eigenvalue weighted by atomic mass is 35.7. The van der Waals surface area contributed by atoms with E-state index in [9.17, 15) is 4.79 Å². The third-order valence-electron chi connectivity index (χ3n) is 4.32. The predicted molar refractivity (Wildman–Crippen MR) is 130 cm³/mol. The summed E-state index contributed by atoms with van der Waals surface area (Å²) >= 11 is 12.1. The average Bonchev–Trinajstić information content (AvgIpc) is 2.74. The largest absolute Gasteiger partial charge is 0.551 e. The van der Waals surface area contributed by atoms with E-state index in [2.05, 4.69) is 0 Å². The molecular weight excluding hydrogens is 451 g/mol. The summed E-state index contributed by atoms with van der Waals surface area (Å²) in [6.07, 6.45) is 7.20. The van der Waals surface area contributed by atoms with Gasteiger partial charge in [-0.3, -0.25) is 4.79 Å². The number of unbranched alkanes of at least 4 members (excludes halogenated alkanes) is 3. The average molecular weight is 481 g/mol. The molecule has 0 amide bonds. The summed E-state index contributed by atoms with van der Waals surface area (Å²) in [5.41, 5.74) is 1.64. The number of ketones is 1. The zero-order chi connectivity index (χ0) is 22.5. The van der Waals surface area contributed by atoms with Gasteiger partial charge in [0.15, 0.2) is 5.78 Å². The summed E-state index contributed by atoms with van der Waals surface area (Å²) in [4.78, 5) is 12.3. The third kappa shape index (κ3) is 11.0. The van der Waals surface area contributed by atoms with Crippen LogP contribution >= 0.6 is 22.2 Å². The number of benzene rings is 2. The van der Waals surface area contributed by atoms with E-state index in [4.69, 9.17) is 35.7 Å². The quantitative estimate of drug-likeness (QED) is 0.0971. The van der Waals surface area contributed by atoms with Crippen molar-refractivity contribution in [3.63, 3.8) is 0 Å². The van der Waals surface area contributed by atoms with Crippen LogP contribution in [-0.4, -0.2) is 32.3 Å². The fourth-order valence-corrected chi connectivity index (χ4v) is 5.33. The lowest BCUT2D eigenvalue weighted by Gasteiger charge is -2.19. The van der Waals surface area contributed by atoms with Gasteiger partial charge in [-0.2, -0.15) is 0 Å². The molecule has 31 heavy (non-hydrogen) atoms. The molecule has 0 saturated heterocycles. The molecule has 7 heteroatoms. The highest BCUT2D eigenvalue weighted by molar-refractivity contribution is 7.39. The molecule has 4 nitrogen and oxygen atoms in total. The van der Waals surface area contributed by atoms with E-state index in [-0.39, 0.29) is 11.9 Å². The highest BCUT2D eigenvalue weighted by Crippen LogP contribution is 2.21. The van der Waals surface area contributed by atoms with Crippen LogP contribution < -0.4 is 4.74 Å². The minimum atomic E-state index is -3.03. The van der Waals surface area contributed by atoms with Gasteiger partial charge in [-0.25, -0.2) is 0 Å². The van der Waals surface area contributed by atoms with Crippen LogP contribution in [0.4, 0.5) is 0 Å². The molecule has 0 aliphatic rings. The number of halogens is 2. The van der Waals surface area contributed by atoms with E-state index in [1.165, 1.54) is 0 Å². The van der Waals surface area contributed by atoms with Crippen LogP contribution in [0.2, 0.25) is 0 Å². The Labute approximate surface area is 195 Å². The number of rotatable bonds is 14. The molecular formula is C24H30Cl2O4Si. The fourth-order valence-electron chi connectivity index (χ4n) is 2.79. The van der Waals surface area contributed by atoms with Crippen molar-refractivity contribution in [3.8, 4) is 5.75 Å². The first kappa shape index (κ1) is 25.6. The summed E-state index contributed by atoms with van der Waals surface area (Å²) in [5.74, 6) is 0.732. The molecule has 2 aromatic rings. The highest BCUT2D eigenvalue weighted by Gasteiger charge is 2.34. The van der Waals surface area contributed by atoms with Crippen LogP contribution in [0.25, 0.3) is 6.08 Å². The van der Waals surface area contributed by atoms with E-state index in [1.807, 2.05) is 62.4 Å². The van der Waals surface area contributed by atoms with E-state index in [1.54, 1.807) is 18.2 Å². The maximum absolute atomic E-state index is 12.3.